The summed E-state index contributed by atoms with van der Waals surface area (Å²) in [6.45, 7) is 6.40. The van der Waals surface area contributed by atoms with E-state index < -0.39 is 0 Å². The van der Waals surface area contributed by atoms with Gasteiger partial charge in [-0.3, -0.25) is 16.3 Å². The van der Waals surface area contributed by atoms with Crippen molar-refractivity contribution < 1.29 is 0 Å². The average Bonchev–Trinajstić information content (AvgIpc) is 2.42. The van der Waals surface area contributed by atoms with Crippen LogP contribution in [0.25, 0.3) is 0 Å². The van der Waals surface area contributed by atoms with Crippen LogP contribution in [-0.4, -0.2) is 4.98 Å². The van der Waals surface area contributed by atoms with E-state index in [0.717, 1.165) is 12.1 Å². The van der Waals surface area contributed by atoms with Crippen LogP contribution in [0.2, 0.25) is 0 Å². The van der Waals surface area contributed by atoms with E-state index in [-0.39, 0.29) is 6.04 Å². The molecule has 0 aliphatic rings. The lowest BCUT2D eigenvalue weighted by Gasteiger charge is -2.20. The van der Waals surface area contributed by atoms with Crippen LogP contribution in [0.5, 0.6) is 0 Å². The van der Waals surface area contributed by atoms with Gasteiger partial charge in [0.15, 0.2) is 0 Å². The lowest BCUT2D eigenvalue weighted by molar-refractivity contribution is 0.543. The van der Waals surface area contributed by atoms with Crippen LogP contribution < -0.4 is 11.3 Å². The van der Waals surface area contributed by atoms with Crippen LogP contribution in [-0.2, 0) is 6.42 Å². The molecule has 1 unspecified atom stereocenters. The Morgan fingerprint density at radius 1 is 1.11 bits per heavy atom. The van der Waals surface area contributed by atoms with Gasteiger partial charge in [0, 0.05) is 18.3 Å². The van der Waals surface area contributed by atoms with Crippen molar-refractivity contribution in [3.63, 3.8) is 0 Å². The number of nitrogens with two attached hydrogens (primary N) is 1. The molecule has 0 spiro atoms. The molecule has 2 rings (SSSR count). The van der Waals surface area contributed by atoms with E-state index in [4.69, 9.17) is 5.84 Å². The number of benzene rings is 1. The second kappa shape index (κ2) is 5.95. The highest BCUT2D eigenvalue weighted by molar-refractivity contribution is 5.38. The molecular weight excluding hydrogens is 234 g/mol. The first-order valence-electron chi connectivity index (χ1n) is 6.55. The number of nitrogens with one attached hydrogen (secondary N) is 1. The molecule has 0 fully saturated rings. The van der Waals surface area contributed by atoms with E-state index in [1.165, 1.54) is 22.3 Å². The van der Waals surface area contributed by atoms with E-state index in [9.17, 15) is 0 Å². The van der Waals surface area contributed by atoms with Gasteiger partial charge in [-0.05, 0) is 55.2 Å². The molecule has 100 valence electrons. The molecule has 1 heterocycles. The summed E-state index contributed by atoms with van der Waals surface area (Å²) in [5.41, 5.74) is 9.08. The second-order valence-corrected chi connectivity index (χ2v) is 5.04. The fourth-order valence-corrected chi connectivity index (χ4v) is 2.34. The lowest BCUT2D eigenvalue weighted by Crippen LogP contribution is -2.30. The van der Waals surface area contributed by atoms with Crippen molar-refractivity contribution in [2.24, 2.45) is 5.84 Å². The van der Waals surface area contributed by atoms with Gasteiger partial charge in [0.25, 0.3) is 0 Å². The molecule has 3 heteroatoms. The van der Waals surface area contributed by atoms with Gasteiger partial charge in [0.1, 0.15) is 0 Å². The summed E-state index contributed by atoms with van der Waals surface area (Å²) in [5, 5.41) is 0. The van der Waals surface area contributed by atoms with Gasteiger partial charge >= 0.3 is 0 Å². The van der Waals surface area contributed by atoms with Gasteiger partial charge < -0.3 is 0 Å². The Balaban J connectivity index is 2.30. The van der Waals surface area contributed by atoms with Crippen LogP contribution >= 0.6 is 0 Å². The summed E-state index contributed by atoms with van der Waals surface area (Å²) in [6.07, 6.45) is 2.61. The zero-order valence-corrected chi connectivity index (χ0v) is 11.8. The van der Waals surface area contributed by atoms with Crippen molar-refractivity contribution in [2.75, 3.05) is 0 Å². The average molecular weight is 255 g/mol. The SMILES string of the molecule is Cc1cc(C)c(C(Cc2ccccn2)NN)cc1C. The van der Waals surface area contributed by atoms with E-state index >= 15 is 0 Å². The third kappa shape index (κ3) is 3.19. The number of hydrogen-bond donors (Lipinski definition) is 2. The van der Waals surface area contributed by atoms with Crippen molar-refractivity contribution in [1.82, 2.24) is 10.4 Å². The molecule has 0 amide bonds. The summed E-state index contributed by atoms with van der Waals surface area (Å²) in [5.74, 6) is 5.73. The monoisotopic (exact) mass is 255 g/mol. The zero-order chi connectivity index (χ0) is 13.8. The quantitative estimate of drug-likeness (QED) is 0.652. The molecule has 3 N–H and O–H groups in total. The Labute approximate surface area is 114 Å². The number of aryl methyl sites for hydroxylation is 3. The molecule has 0 radical (unpaired) electrons. The van der Waals surface area contributed by atoms with Crippen LogP contribution in [0, 0.1) is 20.8 Å². The number of hydrogen-bond acceptors (Lipinski definition) is 3. The maximum atomic E-state index is 5.73. The van der Waals surface area contributed by atoms with E-state index in [1.807, 2.05) is 24.4 Å². The summed E-state index contributed by atoms with van der Waals surface area (Å²) < 4.78 is 0. The minimum atomic E-state index is 0.0919. The van der Waals surface area contributed by atoms with E-state index in [2.05, 4.69) is 43.3 Å². The third-order valence-electron chi connectivity index (χ3n) is 3.60. The van der Waals surface area contributed by atoms with E-state index in [1.54, 1.807) is 0 Å². The maximum Gasteiger partial charge on any atom is 0.0518 e. The molecule has 0 bridgehead atoms. The van der Waals surface area contributed by atoms with Crippen LogP contribution in [0.3, 0.4) is 0 Å². The molecular formula is C16H21N3. The number of pyridine rings is 1. The van der Waals surface area contributed by atoms with Gasteiger partial charge in [0.2, 0.25) is 0 Å². The Bertz CT molecular complexity index is 549. The fourth-order valence-electron chi connectivity index (χ4n) is 2.34. The maximum absolute atomic E-state index is 5.73. The minimum absolute atomic E-state index is 0.0919. The van der Waals surface area contributed by atoms with Crippen molar-refractivity contribution in [2.45, 2.75) is 33.2 Å². The van der Waals surface area contributed by atoms with Crippen molar-refractivity contribution in [1.29, 1.82) is 0 Å². The molecule has 0 saturated carbocycles. The minimum Gasteiger partial charge on any atom is -0.271 e. The molecule has 3 nitrogen and oxygen atoms in total. The molecule has 1 aromatic carbocycles. The molecule has 0 saturated heterocycles. The van der Waals surface area contributed by atoms with Crippen LogP contribution in [0.1, 0.15) is 34.0 Å². The van der Waals surface area contributed by atoms with Crippen molar-refractivity contribution in [3.05, 3.63) is 64.5 Å². The lowest BCUT2D eigenvalue weighted by atomic mass is 9.93. The molecule has 1 atom stereocenters. The van der Waals surface area contributed by atoms with Gasteiger partial charge in [0.05, 0.1) is 6.04 Å². The van der Waals surface area contributed by atoms with Gasteiger partial charge in [-0.1, -0.05) is 18.2 Å². The summed E-state index contributed by atoms with van der Waals surface area (Å²) >= 11 is 0. The standard InChI is InChI=1S/C16H21N3/c1-11-8-13(3)15(9-12(11)2)16(19-17)10-14-6-4-5-7-18-14/h4-9,16,19H,10,17H2,1-3H3. The Kier molecular flexibility index (Phi) is 4.30. The Morgan fingerprint density at radius 2 is 1.84 bits per heavy atom. The predicted molar refractivity (Wildman–Crippen MR) is 78.7 cm³/mol. The largest absolute Gasteiger partial charge is 0.271 e. The Hall–Kier alpha value is -1.71. The predicted octanol–water partition coefficient (Wildman–Crippen LogP) is 2.75. The topological polar surface area (TPSA) is 50.9 Å². The molecule has 0 aliphatic heterocycles. The first kappa shape index (κ1) is 13.7. The first-order chi connectivity index (χ1) is 9.11. The second-order valence-electron chi connectivity index (χ2n) is 5.04. The summed E-state index contributed by atoms with van der Waals surface area (Å²) in [6, 6.07) is 10.5. The molecule has 1 aromatic heterocycles. The first-order valence-corrected chi connectivity index (χ1v) is 6.55. The van der Waals surface area contributed by atoms with Gasteiger partial charge in [-0.25, -0.2) is 0 Å². The molecule has 0 aliphatic carbocycles. The highest BCUT2D eigenvalue weighted by Crippen LogP contribution is 2.23. The summed E-state index contributed by atoms with van der Waals surface area (Å²) in [7, 11) is 0. The zero-order valence-electron chi connectivity index (χ0n) is 11.8. The number of nitrogens with zero attached hydrogens (tertiary/aromatic N) is 1. The van der Waals surface area contributed by atoms with Crippen LogP contribution in [0.4, 0.5) is 0 Å². The fraction of sp³-hybridized carbons (Fsp3) is 0.312. The number of aromatic nitrogens is 1. The number of rotatable bonds is 4. The molecule has 2 aromatic rings. The van der Waals surface area contributed by atoms with Gasteiger partial charge in [-0.2, -0.15) is 0 Å². The Morgan fingerprint density at radius 3 is 2.47 bits per heavy atom. The van der Waals surface area contributed by atoms with Crippen molar-refractivity contribution in [3.8, 4) is 0 Å². The van der Waals surface area contributed by atoms with Gasteiger partial charge in [-0.15, -0.1) is 0 Å². The highest BCUT2D eigenvalue weighted by atomic mass is 15.2. The van der Waals surface area contributed by atoms with Crippen molar-refractivity contribution >= 4 is 0 Å². The smallest absolute Gasteiger partial charge is 0.0518 e. The third-order valence-corrected chi connectivity index (χ3v) is 3.60. The van der Waals surface area contributed by atoms with Crippen LogP contribution in [0.15, 0.2) is 36.5 Å². The number of hydrazine groups is 1. The highest BCUT2D eigenvalue weighted by Gasteiger charge is 2.14. The summed E-state index contributed by atoms with van der Waals surface area (Å²) in [4.78, 5) is 4.37. The molecule has 19 heavy (non-hydrogen) atoms. The normalized spacial score (nSPS) is 12.4. The van der Waals surface area contributed by atoms with E-state index in [0.29, 0.717) is 0 Å².